The van der Waals surface area contributed by atoms with E-state index in [2.05, 4.69) is 24.1 Å². The number of fused-ring (bicyclic) bond motifs is 1. The van der Waals surface area contributed by atoms with Crippen LogP contribution in [0.4, 0.5) is 5.82 Å². The van der Waals surface area contributed by atoms with Gasteiger partial charge in [0.05, 0.1) is 10.5 Å². The molecule has 0 radical (unpaired) electrons. The number of carbonyl (C=O) groups is 1. The Labute approximate surface area is 167 Å². The van der Waals surface area contributed by atoms with Crippen molar-refractivity contribution < 1.29 is 4.79 Å². The molecule has 1 fully saturated rings. The smallest absolute Gasteiger partial charge is 0.267 e. The summed E-state index contributed by atoms with van der Waals surface area (Å²) in [4.78, 5) is 32.4. The topological polar surface area (TPSA) is 66.7 Å². The van der Waals surface area contributed by atoms with Crippen molar-refractivity contribution in [3.63, 3.8) is 0 Å². The van der Waals surface area contributed by atoms with Crippen LogP contribution in [0, 0.1) is 12.8 Å². The first kappa shape index (κ1) is 19.6. The van der Waals surface area contributed by atoms with Crippen molar-refractivity contribution in [2.24, 2.45) is 5.92 Å². The van der Waals surface area contributed by atoms with Crippen LogP contribution in [0.3, 0.4) is 0 Å². The molecule has 142 valence electrons. The summed E-state index contributed by atoms with van der Waals surface area (Å²) in [6.07, 6.45) is 3.31. The van der Waals surface area contributed by atoms with Crippen molar-refractivity contribution >= 4 is 51.7 Å². The largest absolute Gasteiger partial charge is 0.369 e. The normalized spacial score (nSPS) is 16.2. The SMILES string of the molecule is CCN1C(=O)C(=Cc2c(NCC(C)C)nc3c(C)cccn3c2=O)SC1=S. The van der Waals surface area contributed by atoms with Gasteiger partial charge in [-0.2, -0.15) is 0 Å². The van der Waals surface area contributed by atoms with Crippen LogP contribution in [0.1, 0.15) is 31.9 Å². The number of amides is 1. The predicted octanol–water partition coefficient (Wildman–Crippen LogP) is 3.29. The number of rotatable bonds is 5. The zero-order valence-corrected chi connectivity index (χ0v) is 17.4. The van der Waals surface area contributed by atoms with Crippen LogP contribution < -0.4 is 10.9 Å². The minimum absolute atomic E-state index is 0.170. The highest BCUT2D eigenvalue weighted by molar-refractivity contribution is 8.26. The van der Waals surface area contributed by atoms with E-state index in [1.165, 1.54) is 21.1 Å². The Balaban J connectivity index is 2.18. The lowest BCUT2D eigenvalue weighted by Crippen LogP contribution is -2.27. The van der Waals surface area contributed by atoms with Crippen molar-refractivity contribution in [1.29, 1.82) is 0 Å². The van der Waals surface area contributed by atoms with Crippen molar-refractivity contribution in [1.82, 2.24) is 14.3 Å². The molecule has 0 bridgehead atoms. The molecule has 1 saturated heterocycles. The Morgan fingerprint density at radius 1 is 1.37 bits per heavy atom. The molecule has 0 spiro atoms. The standard InChI is InChI=1S/C19H22N4O2S2/c1-5-22-18(25)14(27-19(22)26)9-13-15(20-10-11(2)3)21-16-12(4)7-6-8-23(16)17(13)24/h6-9,11,20H,5,10H2,1-4H3. The lowest BCUT2D eigenvalue weighted by Gasteiger charge is -2.13. The summed E-state index contributed by atoms with van der Waals surface area (Å²) in [7, 11) is 0. The van der Waals surface area contributed by atoms with Gasteiger partial charge < -0.3 is 5.32 Å². The number of aryl methyl sites for hydroxylation is 1. The summed E-state index contributed by atoms with van der Waals surface area (Å²) in [5.41, 5.74) is 1.67. The van der Waals surface area contributed by atoms with Crippen LogP contribution in [0.5, 0.6) is 0 Å². The zero-order chi connectivity index (χ0) is 19.7. The molecule has 3 heterocycles. The molecule has 0 atom stereocenters. The summed E-state index contributed by atoms with van der Waals surface area (Å²) in [6, 6.07) is 3.73. The molecule has 1 N–H and O–H groups in total. The van der Waals surface area contributed by atoms with Crippen molar-refractivity contribution in [3.8, 4) is 0 Å². The lowest BCUT2D eigenvalue weighted by molar-refractivity contribution is -0.121. The fourth-order valence-corrected chi connectivity index (χ4v) is 4.15. The van der Waals surface area contributed by atoms with Crippen molar-refractivity contribution in [2.75, 3.05) is 18.4 Å². The maximum atomic E-state index is 13.1. The molecular weight excluding hydrogens is 380 g/mol. The molecule has 1 aliphatic rings. The Morgan fingerprint density at radius 3 is 2.74 bits per heavy atom. The summed E-state index contributed by atoms with van der Waals surface area (Å²) < 4.78 is 2.03. The van der Waals surface area contributed by atoms with Crippen LogP contribution in [0.2, 0.25) is 0 Å². The molecule has 0 aromatic carbocycles. The first-order chi connectivity index (χ1) is 12.8. The number of pyridine rings is 1. The van der Waals surface area contributed by atoms with Gasteiger partial charge in [0, 0.05) is 19.3 Å². The number of likely N-dealkylation sites (N-methyl/N-ethyl adjacent to an activating group) is 1. The van der Waals surface area contributed by atoms with E-state index < -0.39 is 0 Å². The number of hydrogen-bond acceptors (Lipinski definition) is 6. The second kappa shape index (κ2) is 7.82. The van der Waals surface area contributed by atoms with Gasteiger partial charge in [-0.15, -0.1) is 0 Å². The summed E-state index contributed by atoms with van der Waals surface area (Å²) in [5, 5.41) is 3.26. The molecule has 3 rings (SSSR count). The fourth-order valence-electron chi connectivity index (χ4n) is 2.78. The number of thioether (sulfide) groups is 1. The molecule has 2 aromatic rings. The summed E-state index contributed by atoms with van der Waals surface area (Å²) >= 11 is 6.48. The van der Waals surface area contributed by atoms with Crippen LogP contribution >= 0.6 is 24.0 Å². The number of anilines is 1. The quantitative estimate of drug-likeness (QED) is 0.611. The van der Waals surface area contributed by atoms with E-state index in [-0.39, 0.29) is 11.5 Å². The van der Waals surface area contributed by atoms with E-state index in [1.54, 1.807) is 12.3 Å². The van der Waals surface area contributed by atoms with E-state index in [9.17, 15) is 9.59 Å². The van der Waals surface area contributed by atoms with Gasteiger partial charge >= 0.3 is 0 Å². The van der Waals surface area contributed by atoms with E-state index in [0.29, 0.717) is 45.3 Å². The fraction of sp³-hybridized carbons (Fsp3) is 0.368. The molecule has 27 heavy (non-hydrogen) atoms. The van der Waals surface area contributed by atoms with Crippen LogP contribution in [0.25, 0.3) is 11.7 Å². The number of hydrogen-bond donors (Lipinski definition) is 1. The van der Waals surface area contributed by atoms with Crippen LogP contribution in [-0.2, 0) is 4.79 Å². The second-order valence-corrected chi connectivity index (χ2v) is 8.44. The van der Waals surface area contributed by atoms with Gasteiger partial charge in [-0.3, -0.25) is 18.9 Å². The third-order valence-electron chi connectivity index (χ3n) is 4.23. The summed E-state index contributed by atoms with van der Waals surface area (Å²) in [5.74, 6) is 0.703. The average Bonchev–Trinajstić information content (AvgIpc) is 2.89. The summed E-state index contributed by atoms with van der Waals surface area (Å²) in [6.45, 7) is 9.13. The molecule has 0 aliphatic carbocycles. The van der Waals surface area contributed by atoms with Crippen LogP contribution in [-0.4, -0.2) is 37.6 Å². The lowest BCUT2D eigenvalue weighted by atomic mass is 10.2. The number of nitrogens with one attached hydrogen (secondary N) is 1. The van der Waals surface area contributed by atoms with Gasteiger partial charge in [0.15, 0.2) is 0 Å². The second-order valence-electron chi connectivity index (χ2n) is 6.76. The van der Waals surface area contributed by atoms with Gasteiger partial charge in [-0.05, 0) is 37.5 Å². The average molecular weight is 403 g/mol. The molecule has 6 nitrogen and oxygen atoms in total. The van der Waals surface area contributed by atoms with Crippen molar-refractivity contribution in [3.05, 3.63) is 44.7 Å². The van der Waals surface area contributed by atoms with Gasteiger partial charge in [-0.1, -0.05) is 43.9 Å². The highest BCUT2D eigenvalue weighted by atomic mass is 32.2. The predicted molar refractivity (Wildman–Crippen MR) is 115 cm³/mol. The van der Waals surface area contributed by atoms with Gasteiger partial charge in [0.1, 0.15) is 15.8 Å². The van der Waals surface area contributed by atoms with Crippen molar-refractivity contribution in [2.45, 2.75) is 27.7 Å². The highest BCUT2D eigenvalue weighted by Crippen LogP contribution is 2.32. The number of nitrogens with zero attached hydrogens (tertiary/aromatic N) is 3. The molecule has 8 heteroatoms. The Bertz CT molecular complexity index is 1010. The van der Waals surface area contributed by atoms with E-state index >= 15 is 0 Å². The van der Waals surface area contributed by atoms with Gasteiger partial charge in [0.2, 0.25) is 0 Å². The Kier molecular flexibility index (Phi) is 5.67. The number of thiocarbonyl (C=S) groups is 1. The molecule has 1 aliphatic heterocycles. The van der Waals surface area contributed by atoms with E-state index in [0.717, 1.165) is 5.56 Å². The molecule has 2 aromatic heterocycles. The third-order valence-corrected chi connectivity index (χ3v) is 5.61. The maximum absolute atomic E-state index is 13.1. The van der Waals surface area contributed by atoms with Gasteiger partial charge in [0.25, 0.3) is 11.5 Å². The monoisotopic (exact) mass is 402 g/mol. The number of aromatic nitrogens is 2. The zero-order valence-electron chi connectivity index (χ0n) is 15.8. The maximum Gasteiger partial charge on any atom is 0.267 e. The van der Waals surface area contributed by atoms with E-state index in [4.69, 9.17) is 12.2 Å². The molecule has 1 amide bonds. The Hall–Kier alpha value is -2.19. The van der Waals surface area contributed by atoms with Gasteiger partial charge in [-0.25, -0.2) is 4.98 Å². The van der Waals surface area contributed by atoms with E-state index in [1.807, 2.05) is 26.0 Å². The Morgan fingerprint density at radius 2 is 2.11 bits per heavy atom. The molecule has 0 saturated carbocycles. The third kappa shape index (κ3) is 3.77. The van der Waals surface area contributed by atoms with Crippen LogP contribution in [0.15, 0.2) is 28.0 Å². The number of carbonyl (C=O) groups excluding carboxylic acids is 1. The minimum Gasteiger partial charge on any atom is -0.369 e. The first-order valence-corrected chi connectivity index (χ1v) is 10.1. The first-order valence-electron chi connectivity index (χ1n) is 8.84. The minimum atomic E-state index is -0.211. The highest BCUT2D eigenvalue weighted by Gasteiger charge is 2.31. The molecule has 0 unspecified atom stereocenters. The molecular formula is C19H22N4O2S2.